The van der Waals surface area contributed by atoms with Gasteiger partial charge in [-0.2, -0.15) is 0 Å². The summed E-state index contributed by atoms with van der Waals surface area (Å²) >= 11 is 0. The van der Waals surface area contributed by atoms with Crippen molar-refractivity contribution in [3.8, 4) is 0 Å². The zero-order valence-corrected chi connectivity index (χ0v) is 10.7. The predicted octanol–water partition coefficient (Wildman–Crippen LogP) is 1.86. The summed E-state index contributed by atoms with van der Waals surface area (Å²) in [7, 11) is 1.68. The largest absolute Gasteiger partial charge is 0.462 e. The van der Waals surface area contributed by atoms with E-state index in [1.807, 2.05) is 13.8 Å². The minimum atomic E-state index is -0.378. The molecular weight excluding hydrogens is 206 g/mol. The zero-order valence-electron chi connectivity index (χ0n) is 10.7. The Labute approximate surface area is 98.0 Å². The highest BCUT2D eigenvalue weighted by atomic mass is 16.5. The van der Waals surface area contributed by atoms with Crippen molar-refractivity contribution < 1.29 is 14.3 Å². The number of hydrogen-bond acceptors (Lipinski definition) is 4. The van der Waals surface area contributed by atoms with Crippen LogP contribution in [0.3, 0.4) is 0 Å². The quantitative estimate of drug-likeness (QED) is 0.392. The molecule has 1 unspecified atom stereocenters. The van der Waals surface area contributed by atoms with Crippen molar-refractivity contribution >= 4 is 5.97 Å². The lowest BCUT2D eigenvalue weighted by molar-refractivity contribution is -0.138. The van der Waals surface area contributed by atoms with Gasteiger partial charge in [0.1, 0.15) is 5.72 Å². The first kappa shape index (κ1) is 15.1. The standard InChI is InChI=1S/C12H23NO3/c1-6-11(14)16-9-8-10(3)13-12(4,7-2)15-5/h6,10,13H,1,7-9H2,2-5H3/t10-,12?/m0/s1. The molecule has 0 aliphatic heterocycles. The topological polar surface area (TPSA) is 47.6 Å². The Morgan fingerprint density at radius 2 is 2.25 bits per heavy atom. The van der Waals surface area contributed by atoms with Gasteiger partial charge in [0.2, 0.25) is 0 Å². The molecule has 94 valence electrons. The Morgan fingerprint density at radius 3 is 2.69 bits per heavy atom. The molecule has 0 radical (unpaired) electrons. The molecule has 0 aliphatic carbocycles. The number of carbonyl (C=O) groups excluding carboxylic acids is 1. The average molecular weight is 229 g/mol. The molecule has 0 rings (SSSR count). The summed E-state index contributed by atoms with van der Waals surface area (Å²) in [5.74, 6) is -0.378. The van der Waals surface area contributed by atoms with E-state index in [4.69, 9.17) is 9.47 Å². The molecule has 0 aliphatic rings. The minimum absolute atomic E-state index is 0.225. The molecule has 4 heteroatoms. The van der Waals surface area contributed by atoms with Crippen molar-refractivity contribution in [2.24, 2.45) is 0 Å². The SMILES string of the molecule is C=CC(=O)OCC[C@H](C)NC(C)(CC)OC. The van der Waals surface area contributed by atoms with Crippen LogP contribution in [0, 0.1) is 0 Å². The Kier molecular flexibility index (Phi) is 7.01. The number of ether oxygens (including phenoxy) is 2. The Balaban J connectivity index is 3.85. The summed E-state index contributed by atoms with van der Waals surface area (Å²) in [6.07, 6.45) is 2.79. The summed E-state index contributed by atoms with van der Waals surface area (Å²) in [6, 6.07) is 0.225. The van der Waals surface area contributed by atoms with Gasteiger partial charge in [0.05, 0.1) is 6.61 Å². The predicted molar refractivity (Wildman–Crippen MR) is 64.1 cm³/mol. The Morgan fingerprint density at radius 1 is 1.62 bits per heavy atom. The van der Waals surface area contributed by atoms with Gasteiger partial charge in [-0.05, 0) is 26.7 Å². The summed E-state index contributed by atoms with van der Waals surface area (Å²) in [5, 5.41) is 3.35. The van der Waals surface area contributed by atoms with Crippen LogP contribution in [-0.2, 0) is 14.3 Å². The van der Waals surface area contributed by atoms with Crippen LogP contribution in [-0.4, -0.2) is 31.5 Å². The third-order valence-corrected chi connectivity index (χ3v) is 2.64. The second-order valence-corrected chi connectivity index (χ2v) is 3.99. The molecule has 4 nitrogen and oxygen atoms in total. The number of nitrogens with one attached hydrogen (secondary N) is 1. The minimum Gasteiger partial charge on any atom is -0.462 e. The average Bonchev–Trinajstić information content (AvgIpc) is 2.28. The molecule has 0 bridgehead atoms. The molecule has 0 aromatic rings. The summed E-state index contributed by atoms with van der Waals surface area (Å²) in [4.78, 5) is 10.8. The highest BCUT2D eigenvalue weighted by molar-refractivity contribution is 5.81. The third-order valence-electron chi connectivity index (χ3n) is 2.64. The van der Waals surface area contributed by atoms with E-state index in [0.717, 1.165) is 12.8 Å². The van der Waals surface area contributed by atoms with Crippen molar-refractivity contribution in [2.45, 2.75) is 45.4 Å². The molecule has 0 fully saturated rings. The van der Waals surface area contributed by atoms with Crippen LogP contribution in [0.25, 0.3) is 0 Å². The van der Waals surface area contributed by atoms with Gasteiger partial charge < -0.3 is 9.47 Å². The van der Waals surface area contributed by atoms with E-state index in [-0.39, 0.29) is 17.7 Å². The Hall–Kier alpha value is -0.870. The number of esters is 1. The molecule has 16 heavy (non-hydrogen) atoms. The normalized spacial score (nSPS) is 16.2. The smallest absolute Gasteiger partial charge is 0.330 e. The highest BCUT2D eigenvalue weighted by Crippen LogP contribution is 2.11. The lowest BCUT2D eigenvalue weighted by Gasteiger charge is -2.31. The number of methoxy groups -OCH3 is 1. The lowest BCUT2D eigenvalue weighted by atomic mass is 10.1. The number of hydrogen-bond donors (Lipinski definition) is 1. The number of carbonyl (C=O) groups is 1. The fourth-order valence-corrected chi connectivity index (χ4v) is 1.29. The summed E-state index contributed by atoms with van der Waals surface area (Å²) in [6.45, 7) is 9.82. The van der Waals surface area contributed by atoms with Crippen molar-refractivity contribution in [1.82, 2.24) is 5.32 Å². The molecule has 0 aromatic heterocycles. The van der Waals surface area contributed by atoms with E-state index >= 15 is 0 Å². The van der Waals surface area contributed by atoms with Gasteiger partial charge in [-0.3, -0.25) is 5.32 Å². The van der Waals surface area contributed by atoms with Crippen molar-refractivity contribution in [3.05, 3.63) is 12.7 Å². The van der Waals surface area contributed by atoms with Crippen molar-refractivity contribution in [3.63, 3.8) is 0 Å². The van der Waals surface area contributed by atoms with Crippen LogP contribution in [0.1, 0.15) is 33.6 Å². The molecule has 0 aromatic carbocycles. The van der Waals surface area contributed by atoms with Gasteiger partial charge >= 0.3 is 5.97 Å². The van der Waals surface area contributed by atoms with Gasteiger partial charge in [0, 0.05) is 19.2 Å². The van der Waals surface area contributed by atoms with Crippen molar-refractivity contribution in [1.29, 1.82) is 0 Å². The van der Waals surface area contributed by atoms with E-state index in [2.05, 4.69) is 18.8 Å². The maximum Gasteiger partial charge on any atom is 0.330 e. The van der Waals surface area contributed by atoms with Crippen molar-refractivity contribution in [2.75, 3.05) is 13.7 Å². The second-order valence-electron chi connectivity index (χ2n) is 3.99. The molecule has 0 amide bonds. The summed E-state index contributed by atoms with van der Waals surface area (Å²) < 4.78 is 10.3. The molecule has 0 heterocycles. The first-order chi connectivity index (χ1) is 7.47. The van der Waals surface area contributed by atoms with Crippen LogP contribution < -0.4 is 5.32 Å². The highest BCUT2D eigenvalue weighted by Gasteiger charge is 2.22. The fourth-order valence-electron chi connectivity index (χ4n) is 1.29. The lowest BCUT2D eigenvalue weighted by Crippen LogP contribution is -2.48. The van der Waals surface area contributed by atoms with E-state index in [9.17, 15) is 4.79 Å². The zero-order chi connectivity index (χ0) is 12.6. The van der Waals surface area contributed by atoms with Crippen LogP contribution in [0.5, 0.6) is 0 Å². The van der Waals surface area contributed by atoms with Gasteiger partial charge in [0.25, 0.3) is 0 Å². The van der Waals surface area contributed by atoms with E-state index in [1.54, 1.807) is 7.11 Å². The molecule has 2 atom stereocenters. The van der Waals surface area contributed by atoms with E-state index < -0.39 is 0 Å². The van der Waals surface area contributed by atoms with Crippen LogP contribution >= 0.6 is 0 Å². The van der Waals surface area contributed by atoms with Gasteiger partial charge in [0.15, 0.2) is 0 Å². The fraction of sp³-hybridized carbons (Fsp3) is 0.750. The van der Waals surface area contributed by atoms with Gasteiger partial charge in [-0.25, -0.2) is 4.79 Å². The monoisotopic (exact) mass is 229 g/mol. The van der Waals surface area contributed by atoms with E-state index in [0.29, 0.717) is 6.61 Å². The molecule has 0 spiro atoms. The Bertz CT molecular complexity index is 224. The first-order valence-electron chi connectivity index (χ1n) is 5.59. The van der Waals surface area contributed by atoms with Gasteiger partial charge in [-0.15, -0.1) is 0 Å². The second kappa shape index (κ2) is 7.41. The summed E-state index contributed by atoms with van der Waals surface area (Å²) in [5.41, 5.74) is -0.318. The first-order valence-corrected chi connectivity index (χ1v) is 5.59. The maximum atomic E-state index is 10.8. The maximum absolute atomic E-state index is 10.8. The van der Waals surface area contributed by atoms with E-state index in [1.165, 1.54) is 6.08 Å². The van der Waals surface area contributed by atoms with Crippen LogP contribution in [0.2, 0.25) is 0 Å². The van der Waals surface area contributed by atoms with Crippen LogP contribution in [0.4, 0.5) is 0 Å². The van der Waals surface area contributed by atoms with Gasteiger partial charge in [-0.1, -0.05) is 13.5 Å². The molecular formula is C12H23NO3. The van der Waals surface area contributed by atoms with Crippen LogP contribution in [0.15, 0.2) is 12.7 Å². The molecule has 1 N–H and O–H groups in total. The third kappa shape index (κ3) is 5.88. The number of rotatable bonds is 8. The molecule has 0 saturated carbocycles. The molecule has 0 saturated heterocycles.